The molecule has 0 unspecified atom stereocenters. The number of halogens is 1. The molecule has 0 N–H and O–H groups in total. The first kappa shape index (κ1) is 8.26. The maximum Gasteiger partial charge on any atom is 0.0317 e. The third-order valence-corrected chi connectivity index (χ3v) is 3.86. The molecule has 64 valence electrons. The largest absolute Gasteiger partial charge is 0.295 e. The SMILES string of the molecule is C[C@@]12CCCN1CCN(I)C2. The first-order valence-corrected chi connectivity index (χ1v) is 5.33. The topological polar surface area (TPSA) is 6.48 Å². The van der Waals surface area contributed by atoms with Crippen LogP contribution in [0.4, 0.5) is 0 Å². The van der Waals surface area contributed by atoms with Gasteiger partial charge in [0.25, 0.3) is 0 Å². The molecular weight excluding hydrogens is 251 g/mol. The standard InChI is InChI=1S/C8H15IN2/c1-8-3-2-4-10(8)5-6-11(9)7-8/h2-7H2,1H3/t8-/m0/s1. The normalized spacial score (nSPS) is 40.9. The summed E-state index contributed by atoms with van der Waals surface area (Å²) in [5.41, 5.74) is 0.513. The Morgan fingerprint density at radius 2 is 2.09 bits per heavy atom. The van der Waals surface area contributed by atoms with Gasteiger partial charge in [-0.1, -0.05) is 0 Å². The van der Waals surface area contributed by atoms with E-state index in [1.165, 1.54) is 39.0 Å². The molecule has 0 aliphatic carbocycles. The second kappa shape index (κ2) is 2.85. The van der Waals surface area contributed by atoms with E-state index in [-0.39, 0.29) is 0 Å². The number of piperazine rings is 1. The predicted octanol–water partition coefficient (Wildman–Crippen LogP) is 1.51. The van der Waals surface area contributed by atoms with Crippen molar-refractivity contribution in [2.24, 2.45) is 0 Å². The van der Waals surface area contributed by atoms with Gasteiger partial charge in [-0.05, 0) is 26.3 Å². The molecular formula is C8H15IN2. The summed E-state index contributed by atoms with van der Waals surface area (Å²) >= 11 is 2.45. The number of hydrogen-bond donors (Lipinski definition) is 0. The average molecular weight is 266 g/mol. The van der Waals surface area contributed by atoms with E-state index in [0.29, 0.717) is 5.54 Å². The van der Waals surface area contributed by atoms with Crippen LogP contribution in [0.5, 0.6) is 0 Å². The van der Waals surface area contributed by atoms with Gasteiger partial charge in [0.15, 0.2) is 0 Å². The van der Waals surface area contributed by atoms with Crippen molar-refractivity contribution in [3.05, 3.63) is 0 Å². The second-order valence-electron chi connectivity index (χ2n) is 3.93. The van der Waals surface area contributed by atoms with Crippen LogP contribution in [0.2, 0.25) is 0 Å². The van der Waals surface area contributed by atoms with Gasteiger partial charge >= 0.3 is 0 Å². The van der Waals surface area contributed by atoms with Crippen LogP contribution in [-0.2, 0) is 0 Å². The smallest absolute Gasteiger partial charge is 0.0317 e. The van der Waals surface area contributed by atoms with E-state index in [2.05, 4.69) is 37.8 Å². The lowest BCUT2D eigenvalue weighted by atomic mass is 9.97. The van der Waals surface area contributed by atoms with Crippen molar-refractivity contribution >= 4 is 22.9 Å². The van der Waals surface area contributed by atoms with Crippen LogP contribution < -0.4 is 0 Å². The Hall–Kier alpha value is 0.650. The quantitative estimate of drug-likeness (QED) is 0.484. The van der Waals surface area contributed by atoms with Crippen molar-refractivity contribution in [2.45, 2.75) is 25.3 Å². The van der Waals surface area contributed by atoms with Crippen LogP contribution in [0, 0.1) is 0 Å². The summed E-state index contributed by atoms with van der Waals surface area (Å²) in [4.78, 5) is 2.65. The van der Waals surface area contributed by atoms with E-state index in [0.717, 1.165) is 0 Å². The summed E-state index contributed by atoms with van der Waals surface area (Å²) in [6.07, 6.45) is 2.80. The molecule has 0 aromatic rings. The third kappa shape index (κ3) is 1.42. The van der Waals surface area contributed by atoms with E-state index in [9.17, 15) is 0 Å². The van der Waals surface area contributed by atoms with Gasteiger partial charge in [-0.15, -0.1) is 0 Å². The molecule has 2 nitrogen and oxygen atoms in total. The van der Waals surface area contributed by atoms with Gasteiger partial charge in [-0.25, -0.2) is 3.11 Å². The Bertz CT molecular complexity index is 162. The monoisotopic (exact) mass is 266 g/mol. The minimum Gasteiger partial charge on any atom is -0.295 e. The molecule has 1 atom stereocenters. The minimum absolute atomic E-state index is 0.513. The highest BCUT2D eigenvalue weighted by Crippen LogP contribution is 2.33. The lowest BCUT2D eigenvalue weighted by Crippen LogP contribution is -2.54. The number of hydrogen-bond acceptors (Lipinski definition) is 2. The highest BCUT2D eigenvalue weighted by atomic mass is 127. The summed E-state index contributed by atoms with van der Waals surface area (Å²) in [6.45, 7) is 7.52. The molecule has 0 aromatic heterocycles. The van der Waals surface area contributed by atoms with E-state index in [1.807, 2.05) is 0 Å². The fraction of sp³-hybridized carbons (Fsp3) is 1.00. The molecule has 0 aromatic carbocycles. The van der Waals surface area contributed by atoms with Crippen LogP contribution in [0.15, 0.2) is 0 Å². The first-order chi connectivity index (χ1) is 5.21. The van der Waals surface area contributed by atoms with Crippen molar-refractivity contribution < 1.29 is 0 Å². The summed E-state index contributed by atoms with van der Waals surface area (Å²) in [7, 11) is 0. The van der Waals surface area contributed by atoms with E-state index < -0.39 is 0 Å². The number of fused-ring (bicyclic) bond motifs is 1. The molecule has 0 saturated carbocycles. The molecule has 0 spiro atoms. The van der Waals surface area contributed by atoms with E-state index in [4.69, 9.17) is 0 Å². The van der Waals surface area contributed by atoms with Crippen LogP contribution in [0.25, 0.3) is 0 Å². The van der Waals surface area contributed by atoms with Gasteiger partial charge in [0, 0.05) is 48.0 Å². The summed E-state index contributed by atoms with van der Waals surface area (Å²) in [6, 6.07) is 0. The van der Waals surface area contributed by atoms with Crippen molar-refractivity contribution in [3.63, 3.8) is 0 Å². The Labute approximate surface area is 82.4 Å². The maximum atomic E-state index is 2.65. The van der Waals surface area contributed by atoms with Crippen LogP contribution in [0.3, 0.4) is 0 Å². The molecule has 2 rings (SSSR count). The zero-order valence-corrected chi connectivity index (χ0v) is 9.17. The fourth-order valence-electron chi connectivity index (χ4n) is 2.32. The van der Waals surface area contributed by atoms with Gasteiger partial charge in [-0.2, -0.15) is 0 Å². The zero-order valence-electron chi connectivity index (χ0n) is 7.02. The van der Waals surface area contributed by atoms with Crippen molar-refractivity contribution in [3.8, 4) is 0 Å². The van der Waals surface area contributed by atoms with E-state index in [1.54, 1.807) is 0 Å². The fourth-order valence-corrected chi connectivity index (χ4v) is 3.27. The van der Waals surface area contributed by atoms with Crippen molar-refractivity contribution in [1.82, 2.24) is 8.01 Å². The van der Waals surface area contributed by atoms with E-state index >= 15 is 0 Å². The second-order valence-corrected chi connectivity index (χ2v) is 5.30. The summed E-state index contributed by atoms with van der Waals surface area (Å²) in [5, 5.41) is 0. The minimum atomic E-state index is 0.513. The van der Waals surface area contributed by atoms with Gasteiger partial charge in [0.2, 0.25) is 0 Å². The number of nitrogens with zero attached hydrogens (tertiary/aromatic N) is 2. The average Bonchev–Trinajstić information content (AvgIpc) is 2.28. The van der Waals surface area contributed by atoms with Gasteiger partial charge in [0.05, 0.1) is 0 Å². The Kier molecular flexibility index (Phi) is 2.14. The van der Waals surface area contributed by atoms with Gasteiger partial charge < -0.3 is 0 Å². The third-order valence-electron chi connectivity index (χ3n) is 3.03. The van der Waals surface area contributed by atoms with Crippen LogP contribution in [-0.4, -0.2) is 39.7 Å². The van der Waals surface area contributed by atoms with Crippen LogP contribution in [0.1, 0.15) is 19.8 Å². The molecule has 2 fully saturated rings. The predicted molar refractivity (Wildman–Crippen MR) is 54.8 cm³/mol. The molecule has 2 aliphatic heterocycles. The molecule has 0 amide bonds. The van der Waals surface area contributed by atoms with Gasteiger partial charge in [0.1, 0.15) is 0 Å². The molecule has 2 saturated heterocycles. The first-order valence-electron chi connectivity index (χ1n) is 4.36. The zero-order chi connectivity index (χ0) is 7.90. The molecule has 2 heterocycles. The Morgan fingerprint density at radius 3 is 2.91 bits per heavy atom. The number of rotatable bonds is 0. The molecule has 0 bridgehead atoms. The molecule has 0 radical (unpaired) electrons. The Morgan fingerprint density at radius 1 is 1.27 bits per heavy atom. The lowest BCUT2D eigenvalue weighted by molar-refractivity contribution is 0.0924. The van der Waals surface area contributed by atoms with Crippen molar-refractivity contribution in [1.29, 1.82) is 0 Å². The lowest BCUT2D eigenvalue weighted by Gasteiger charge is -2.42. The van der Waals surface area contributed by atoms with Crippen LogP contribution >= 0.6 is 22.9 Å². The highest BCUT2D eigenvalue weighted by molar-refractivity contribution is 14.1. The van der Waals surface area contributed by atoms with Gasteiger partial charge in [-0.3, -0.25) is 4.90 Å². The molecule has 11 heavy (non-hydrogen) atoms. The summed E-state index contributed by atoms with van der Waals surface area (Å²) in [5.74, 6) is 0. The highest BCUT2D eigenvalue weighted by Gasteiger charge is 2.40. The summed E-state index contributed by atoms with van der Waals surface area (Å²) < 4.78 is 2.43. The molecule has 2 aliphatic rings. The maximum absolute atomic E-state index is 2.65. The molecule has 3 heteroatoms. The Balaban J connectivity index is 2.10. The van der Waals surface area contributed by atoms with Crippen molar-refractivity contribution in [2.75, 3.05) is 26.2 Å².